The summed E-state index contributed by atoms with van der Waals surface area (Å²) < 4.78 is 5.51. The van der Waals surface area contributed by atoms with Gasteiger partial charge in [0.1, 0.15) is 0 Å². The summed E-state index contributed by atoms with van der Waals surface area (Å²) in [6.45, 7) is 3.37. The number of hydrogen-bond acceptors (Lipinski definition) is 3. The molecule has 4 nitrogen and oxygen atoms in total. The highest BCUT2D eigenvalue weighted by Crippen LogP contribution is 2.16. The molecule has 0 saturated carbocycles. The van der Waals surface area contributed by atoms with Crippen LogP contribution in [0.2, 0.25) is 0 Å². The van der Waals surface area contributed by atoms with Crippen molar-refractivity contribution in [3.05, 3.63) is 29.3 Å². The predicted molar refractivity (Wildman–Crippen MR) is 71.5 cm³/mol. The Hall–Kier alpha value is -1.55. The second kappa shape index (κ2) is 5.87. The molecule has 18 heavy (non-hydrogen) atoms. The van der Waals surface area contributed by atoms with Crippen LogP contribution in [-0.2, 0) is 4.74 Å². The van der Waals surface area contributed by atoms with Crippen LogP contribution in [0.25, 0.3) is 0 Å². The van der Waals surface area contributed by atoms with Crippen LogP contribution in [-0.4, -0.2) is 25.2 Å². The molecular weight excluding hydrogens is 228 g/mol. The molecule has 0 bridgehead atoms. The van der Waals surface area contributed by atoms with Gasteiger partial charge >= 0.3 is 0 Å². The fourth-order valence-corrected chi connectivity index (χ4v) is 2.21. The van der Waals surface area contributed by atoms with Crippen LogP contribution < -0.4 is 11.1 Å². The number of nitrogens with one attached hydrogen (secondary N) is 1. The molecule has 3 N–H and O–H groups in total. The van der Waals surface area contributed by atoms with E-state index in [2.05, 4.69) is 5.32 Å². The molecule has 1 saturated heterocycles. The summed E-state index contributed by atoms with van der Waals surface area (Å²) in [7, 11) is 0. The molecular formula is C14H20N2O2. The summed E-state index contributed by atoms with van der Waals surface area (Å²) in [6.07, 6.45) is 3.43. The molecule has 1 heterocycles. The second-order valence-electron chi connectivity index (χ2n) is 4.70. The third kappa shape index (κ3) is 3.01. The Labute approximate surface area is 108 Å². The monoisotopic (exact) mass is 248 g/mol. The lowest BCUT2D eigenvalue weighted by Gasteiger charge is -2.11. The zero-order chi connectivity index (χ0) is 13.0. The molecule has 1 fully saturated rings. The molecule has 1 amide bonds. The summed E-state index contributed by atoms with van der Waals surface area (Å²) >= 11 is 0. The molecule has 1 aromatic carbocycles. The van der Waals surface area contributed by atoms with Gasteiger partial charge in [0.2, 0.25) is 0 Å². The van der Waals surface area contributed by atoms with Gasteiger partial charge in [0, 0.05) is 24.4 Å². The fourth-order valence-electron chi connectivity index (χ4n) is 2.21. The Kier molecular flexibility index (Phi) is 4.20. The molecule has 1 atom stereocenters. The van der Waals surface area contributed by atoms with E-state index in [-0.39, 0.29) is 5.91 Å². The van der Waals surface area contributed by atoms with E-state index in [4.69, 9.17) is 10.5 Å². The van der Waals surface area contributed by atoms with Crippen molar-refractivity contribution in [1.82, 2.24) is 5.32 Å². The molecule has 1 aliphatic heterocycles. The van der Waals surface area contributed by atoms with Gasteiger partial charge in [0.25, 0.3) is 5.91 Å². The third-order valence-corrected chi connectivity index (χ3v) is 3.40. The Morgan fingerprint density at radius 1 is 1.56 bits per heavy atom. The molecule has 0 radical (unpaired) electrons. The van der Waals surface area contributed by atoms with Crippen molar-refractivity contribution in [3.63, 3.8) is 0 Å². The number of carbonyl (C=O) groups excluding carboxylic acids is 1. The van der Waals surface area contributed by atoms with Gasteiger partial charge in [-0.15, -0.1) is 0 Å². The standard InChI is InChI=1S/C14H20N2O2/c1-10-12(5-2-6-13(10)15)14(17)16-8-7-11-4-3-9-18-11/h2,5-6,11H,3-4,7-9,15H2,1H3,(H,16,17). The first-order valence-corrected chi connectivity index (χ1v) is 6.43. The molecule has 4 heteroatoms. The fraction of sp³-hybridized carbons (Fsp3) is 0.500. The molecule has 1 unspecified atom stereocenters. The molecule has 1 aromatic rings. The first-order chi connectivity index (χ1) is 8.68. The molecule has 0 aromatic heterocycles. The summed E-state index contributed by atoms with van der Waals surface area (Å²) in [4.78, 5) is 12.0. The maximum atomic E-state index is 12.0. The first kappa shape index (κ1) is 12.9. The van der Waals surface area contributed by atoms with Gasteiger partial charge in [-0.25, -0.2) is 0 Å². The number of anilines is 1. The average Bonchev–Trinajstić information content (AvgIpc) is 2.85. The van der Waals surface area contributed by atoms with Gasteiger partial charge in [-0.1, -0.05) is 6.07 Å². The molecule has 98 valence electrons. The van der Waals surface area contributed by atoms with Crippen LogP contribution in [0, 0.1) is 6.92 Å². The Morgan fingerprint density at radius 3 is 3.11 bits per heavy atom. The van der Waals surface area contributed by atoms with Crippen LogP contribution in [0.1, 0.15) is 35.2 Å². The van der Waals surface area contributed by atoms with Crippen LogP contribution in [0.4, 0.5) is 5.69 Å². The second-order valence-corrected chi connectivity index (χ2v) is 4.70. The number of carbonyl (C=O) groups is 1. The van der Waals surface area contributed by atoms with E-state index in [0.717, 1.165) is 31.4 Å². The van der Waals surface area contributed by atoms with Crippen molar-refractivity contribution in [2.24, 2.45) is 0 Å². The van der Waals surface area contributed by atoms with Crippen LogP contribution in [0.3, 0.4) is 0 Å². The maximum absolute atomic E-state index is 12.0. The zero-order valence-corrected chi connectivity index (χ0v) is 10.7. The molecule has 0 aliphatic carbocycles. The van der Waals surface area contributed by atoms with E-state index >= 15 is 0 Å². The molecule has 2 rings (SSSR count). The van der Waals surface area contributed by atoms with Crippen molar-refractivity contribution < 1.29 is 9.53 Å². The molecule has 1 aliphatic rings. The number of amides is 1. The number of ether oxygens (including phenoxy) is 1. The van der Waals surface area contributed by atoms with Gasteiger partial charge in [0.15, 0.2) is 0 Å². The van der Waals surface area contributed by atoms with Crippen LogP contribution >= 0.6 is 0 Å². The highest BCUT2D eigenvalue weighted by atomic mass is 16.5. The first-order valence-electron chi connectivity index (χ1n) is 6.43. The van der Waals surface area contributed by atoms with E-state index in [1.54, 1.807) is 18.2 Å². The van der Waals surface area contributed by atoms with Crippen molar-refractivity contribution in [3.8, 4) is 0 Å². The normalized spacial score (nSPS) is 18.8. The van der Waals surface area contributed by atoms with Crippen LogP contribution in [0.15, 0.2) is 18.2 Å². The molecule has 0 spiro atoms. The van der Waals surface area contributed by atoms with E-state index in [9.17, 15) is 4.79 Å². The lowest BCUT2D eigenvalue weighted by molar-refractivity contribution is 0.0907. The Morgan fingerprint density at radius 2 is 2.39 bits per heavy atom. The van der Waals surface area contributed by atoms with Gasteiger partial charge in [-0.05, 0) is 43.9 Å². The Balaban J connectivity index is 1.85. The lowest BCUT2D eigenvalue weighted by atomic mass is 10.1. The number of nitrogens with two attached hydrogens (primary N) is 1. The van der Waals surface area contributed by atoms with Gasteiger partial charge in [-0.3, -0.25) is 4.79 Å². The maximum Gasteiger partial charge on any atom is 0.251 e. The smallest absolute Gasteiger partial charge is 0.251 e. The Bertz CT molecular complexity index is 426. The minimum absolute atomic E-state index is 0.0576. The van der Waals surface area contributed by atoms with Gasteiger partial charge < -0.3 is 15.8 Å². The van der Waals surface area contributed by atoms with E-state index in [0.29, 0.717) is 23.9 Å². The summed E-state index contributed by atoms with van der Waals surface area (Å²) in [5.74, 6) is -0.0576. The van der Waals surface area contributed by atoms with Crippen LogP contribution in [0.5, 0.6) is 0 Å². The topological polar surface area (TPSA) is 64.4 Å². The predicted octanol–water partition coefficient (Wildman–Crippen LogP) is 1.88. The highest BCUT2D eigenvalue weighted by Gasteiger charge is 2.16. The van der Waals surface area contributed by atoms with Gasteiger partial charge in [0.05, 0.1) is 6.10 Å². The van der Waals surface area contributed by atoms with Crippen molar-refractivity contribution >= 4 is 11.6 Å². The number of rotatable bonds is 4. The number of benzene rings is 1. The summed E-state index contributed by atoms with van der Waals surface area (Å²) in [5, 5.41) is 2.92. The minimum Gasteiger partial charge on any atom is -0.398 e. The summed E-state index contributed by atoms with van der Waals surface area (Å²) in [6, 6.07) is 5.41. The van der Waals surface area contributed by atoms with E-state index in [1.807, 2.05) is 6.92 Å². The van der Waals surface area contributed by atoms with E-state index in [1.165, 1.54) is 0 Å². The third-order valence-electron chi connectivity index (χ3n) is 3.40. The van der Waals surface area contributed by atoms with Crippen molar-refractivity contribution in [2.45, 2.75) is 32.3 Å². The zero-order valence-electron chi connectivity index (χ0n) is 10.7. The lowest BCUT2D eigenvalue weighted by Crippen LogP contribution is -2.27. The van der Waals surface area contributed by atoms with Crippen molar-refractivity contribution in [2.75, 3.05) is 18.9 Å². The average molecular weight is 248 g/mol. The SMILES string of the molecule is Cc1c(N)cccc1C(=O)NCCC1CCCO1. The minimum atomic E-state index is -0.0576. The summed E-state index contributed by atoms with van der Waals surface area (Å²) in [5.41, 5.74) is 7.94. The van der Waals surface area contributed by atoms with E-state index < -0.39 is 0 Å². The largest absolute Gasteiger partial charge is 0.398 e. The van der Waals surface area contributed by atoms with Gasteiger partial charge in [-0.2, -0.15) is 0 Å². The highest BCUT2D eigenvalue weighted by molar-refractivity contribution is 5.96. The number of hydrogen-bond donors (Lipinski definition) is 2. The number of nitrogen functional groups attached to an aromatic ring is 1. The van der Waals surface area contributed by atoms with Crippen molar-refractivity contribution in [1.29, 1.82) is 0 Å². The quantitative estimate of drug-likeness (QED) is 0.800.